The van der Waals surface area contributed by atoms with E-state index in [9.17, 15) is 5.26 Å². The number of hydrogen-bond donors (Lipinski definition) is 0. The zero-order chi connectivity index (χ0) is 14.6. The summed E-state index contributed by atoms with van der Waals surface area (Å²) in [5, 5.41) is 9.37. The van der Waals surface area contributed by atoms with Gasteiger partial charge in [-0.2, -0.15) is 5.26 Å². The minimum absolute atomic E-state index is 0.416. The minimum atomic E-state index is -1.05. The molecular formula is C16H21NO3. The second-order valence-electron chi connectivity index (χ2n) is 5.79. The molecular weight excluding hydrogens is 254 g/mol. The first kappa shape index (κ1) is 15.1. The third-order valence-corrected chi connectivity index (χ3v) is 3.84. The molecule has 0 radical (unpaired) electrons. The van der Waals surface area contributed by atoms with Gasteiger partial charge in [0.2, 0.25) is 0 Å². The second-order valence-corrected chi connectivity index (χ2v) is 5.79. The van der Waals surface area contributed by atoms with E-state index in [0.29, 0.717) is 26.1 Å². The highest BCUT2D eigenvalue weighted by molar-refractivity contribution is 5.10. The van der Waals surface area contributed by atoms with Crippen LogP contribution in [0.3, 0.4) is 0 Å². The molecule has 3 saturated heterocycles. The van der Waals surface area contributed by atoms with Gasteiger partial charge >= 0.3 is 0 Å². The van der Waals surface area contributed by atoms with Gasteiger partial charge in [-0.3, -0.25) is 0 Å². The van der Waals surface area contributed by atoms with Crippen LogP contribution in [0.15, 0.2) is 12.2 Å². The Bertz CT molecular complexity index is 449. The quantitative estimate of drug-likeness (QED) is 0.425. The molecule has 0 aromatic carbocycles. The van der Waals surface area contributed by atoms with Crippen LogP contribution in [0.4, 0.5) is 0 Å². The highest BCUT2D eigenvalue weighted by atomic mass is 16.9. The average molecular weight is 275 g/mol. The van der Waals surface area contributed by atoms with Crippen LogP contribution in [0.25, 0.3) is 0 Å². The highest BCUT2D eigenvalue weighted by Crippen LogP contribution is 2.47. The van der Waals surface area contributed by atoms with Crippen molar-refractivity contribution in [1.82, 2.24) is 0 Å². The molecule has 3 aliphatic rings. The summed E-state index contributed by atoms with van der Waals surface area (Å²) in [5.74, 6) is 1.56. The predicted molar refractivity (Wildman–Crippen MR) is 74.3 cm³/mol. The molecule has 0 aliphatic carbocycles. The lowest BCUT2D eigenvalue weighted by Crippen LogP contribution is -2.64. The van der Waals surface area contributed by atoms with Crippen LogP contribution in [0, 0.1) is 29.1 Å². The number of nitriles is 1. The van der Waals surface area contributed by atoms with E-state index in [4.69, 9.17) is 20.6 Å². The van der Waals surface area contributed by atoms with Crippen molar-refractivity contribution in [3.63, 3.8) is 0 Å². The van der Waals surface area contributed by atoms with Crippen LogP contribution in [0.1, 0.15) is 39.0 Å². The molecule has 108 valence electrons. The SMILES string of the molecule is C#CCCCCC12OCC(CC(=C)C)(CO1)C(C#N)O2. The lowest BCUT2D eigenvalue weighted by atomic mass is 9.76. The molecule has 0 aromatic heterocycles. The van der Waals surface area contributed by atoms with Gasteiger partial charge in [0.15, 0.2) is 6.10 Å². The van der Waals surface area contributed by atoms with Crippen LogP contribution in [-0.2, 0) is 14.2 Å². The molecule has 20 heavy (non-hydrogen) atoms. The smallest absolute Gasteiger partial charge is 0.284 e. The Labute approximate surface area is 120 Å². The summed E-state index contributed by atoms with van der Waals surface area (Å²) >= 11 is 0. The number of hydrogen-bond acceptors (Lipinski definition) is 4. The molecule has 1 unspecified atom stereocenters. The predicted octanol–water partition coefficient (Wildman–Crippen LogP) is 2.76. The van der Waals surface area contributed by atoms with E-state index < -0.39 is 17.5 Å². The lowest BCUT2D eigenvalue weighted by molar-refractivity contribution is -0.482. The number of terminal acetylenes is 1. The lowest BCUT2D eigenvalue weighted by Gasteiger charge is -2.54. The Morgan fingerprint density at radius 1 is 1.40 bits per heavy atom. The van der Waals surface area contributed by atoms with Gasteiger partial charge in [0, 0.05) is 12.8 Å². The second kappa shape index (κ2) is 5.97. The van der Waals surface area contributed by atoms with Gasteiger partial charge in [-0.25, -0.2) is 0 Å². The van der Waals surface area contributed by atoms with Crippen molar-refractivity contribution in [2.45, 2.75) is 51.1 Å². The maximum absolute atomic E-state index is 9.37. The first-order valence-corrected chi connectivity index (χ1v) is 6.99. The van der Waals surface area contributed by atoms with E-state index in [1.165, 1.54) is 0 Å². The van der Waals surface area contributed by atoms with Gasteiger partial charge in [-0.15, -0.1) is 18.9 Å². The number of unbranched alkanes of at least 4 members (excludes halogenated alkanes) is 2. The molecule has 0 amide bonds. The number of ether oxygens (including phenoxy) is 3. The van der Waals surface area contributed by atoms with Crippen LogP contribution < -0.4 is 0 Å². The zero-order valence-corrected chi connectivity index (χ0v) is 12.0. The molecule has 3 rings (SSSR count). The highest BCUT2D eigenvalue weighted by Gasteiger charge is 2.58. The molecule has 0 saturated carbocycles. The Kier molecular flexibility index (Phi) is 4.50. The Hall–Kier alpha value is -1.33. The summed E-state index contributed by atoms with van der Waals surface area (Å²) in [5.41, 5.74) is 0.589. The van der Waals surface area contributed by atoms with Crippen LogP contribution in [-0.4, -0.2) is 25.3 Å². The molecule has 4 nitrogen and oxygen atoms in total. The molecule has 1 atom stereocenters. The van der Waals surface area contributed by atoms with Crippen molar-refractivity contribution in [3.05, 3.63) is 12.2 Å². The maximum atomic E-state index is 9.37. The van der Waals surface area contributed by atoms with Crippen molar-refractivity contribution in [3.8, 4) is 18.4 Å². The average Bonchev–Trinajstić information content (AvgIpc) is 2.44. The van der Waals surface area contributed by atoms with Gasteiger partial charge < -0.3 is 14.2 Å². The van der Waals surface area contributed by atoms with Crippen molar-refractivity contribution in [2.24, 2.45) is 5.41 Å². The van der Waals surface area contributed by atoms with Crippen LogP contribution >= 0.6 is 0 Å². The van der Waals surface area contributed by atoms with Gasteiger partial charge in [0.1, 0.15) is 0 Å². The zero-order valence-electron chi connectivity index (χ0n) is 12.0. The van der Waals surface area contributed by atoms with Crippen LogP contribution in [0.5, 0.6) is 0 Å². The van der Waals surface area contributed by atoms with E-state index in [-0.39, 0.29) is 0 Å². The van der Waals surface area contributed by atoms with Gasteiger partial charge in [0.25, 0.3) is 5.97 Å². The standard InChI is InChI=1S/C16H21NO3/c1-4-5-6-7-8-16-18-11-15(12-19-16,9-13(2)3)14(10-17)20-16/h1,14H,2,5-9,11-12H2,3H3. The Morgan fingerprint density at radius 2 is 2.10 bits per heavy atom. The summed E-state index contributed by atoms with van der Waals surface area (Å²) in [7, 11) is 0. The third kappa shape index (κ3) is 2.88. The fraction of sp³-hybridized carbons (Fsp3) is 0.688. The molecule has 0 N–H and O–H groups in total. The molecule has 3 aliphatic heterocycles. The Morgan fingerprint density at radius 3 is 2.65 bits per heavy atom. The molecule has 3 heterocycles. The monoisotopic (exact) mass is 275 g/mol. The van der Waals surface area contributed by atoms with Gasteiger partial charge in [-0.1, -0.05) is 5.57 Å². The number of rotatable bonds is 6. The van der Waals surface area contributed by atoms with E-state index in [0.717, 1.165) is 24.8 Å². The molecule has 3 fully saturated rings. The molecule has 2 bridgehead atoms. The first-order valence-electron chi connectivity index (χ1n) is 6.99. The largest absolute Gasteiger partial charge is 0.327 e. The molecule has 0 aromatic rings. The molecule has 0 spiro atoms. The number of nitrogens with zero attached hydrogens (tertiary/aromatic N) is 1. The maximum Gasteiger partial charge on any atom is 0.284 e. The van der Waals surface area contributed by atoms with Gasteiger partial charge in [-0.05, 0) is 26.2 Å². The summed E-state index contributed by atoms with van der Waals surface area (Å²) < 4.78 is 17.4. The minimum Gasteiger partial charge on any atom is -0.327 e. The Balaban J connectivity index is 2.01. The number of allylic oxidation sites excluding steroid dienone is 1. The summed E-state index contributed by atoms with van der Waals surface area (Å²) in [6.45, 7) is 6.82. The fourth-order valence-corrected chi connectivity index (χ4v) is 2.85. The van der Waals surface area contributed by atoms with E-state index in [1.807, 2.05) is 6.92 Å². The van der Waals surface area contributed by atoms with E-state index in [2.05, 4.69) is 18.6 Å². The fourth-order valence-electron chi connectivity index (χ4n) is 2.85. The number of fused-ring (bicyclic) bond motifs is 3. The summed E-state index contributed by atoms with van der Waals surface area (Å²) in [6, 6.07) is 2.25. The topological polar surface area (TPSA) is 51.5 Å². The van der Waals surface area contributed by atoms with Crippen LogP contribution in [0.2, 0.25) is 0 Å². The normalized spacial score (nSPS) is 35.2. The first-order chi connectivity index (χ1) is 9.56. The van der Waals surface area contributed by atoms with Crippen molar-refractivity contribution < 1.29 is 14.2 Å². The van der Waals surface area contributed by atoms with Crippen molar-refractivity contribution >= 4 is 0 Å². The van der Waals surface area contributed by atoms with E-state index in [1.54, 1.807) is 0 Å². The van der Waals surface area contributed by atoms with Crippen molar-refractivity contribution in [1.29, 1.82) is 5.26 Å². The van der Waals surface area contributed by atoms with Gasteiger partial charge in [0.05, 0.1) is 24.7 Å². The third-order valence-electron chi connectivity index (χ3n) is 3.84. The van der Waals surface area contributed by atoms with E-state index >= 15 is 0 Å². The summed E-state index contributed by atoms with van der Waals surface area (Å²) in [4.78, 5) is 0. The van der Waals surface area contributed by atoms with Crippen molar-refractivity contribution in [2.75, 3.05) is 13.2 Å². The molecule has 4 heteroatoms. The summed E-state index contributed by atoms with van der Waals surface area (Å²) in [6.07, 6.45) is 8.51.